The average Bonchev–Trinajstić information content (AvgIpc) is 2.52. The molecule has 2 heterocycles. The Hall–Kier alpha value is -1.48. The van der Waals surface area contributed by atoms with Crippen LogP contribution in [0.2, 0.25) is 0 Å². The Balaban J connectivity index is 2.42. The summed E-state index contributed by atoms with van der Waals surface area (Å²) in [6, 6.07) is 1.37. The number of hydrogen-bond acceptors (Lipinski definition) is 7. The molecule has 1 saturated heterocycles. The van der Waals surface area contributed by atoms with Crippen LogP contribution in [0.3, 0.4) is 0 Å². The molecule has 100 valence electrons. The van der Waals surface area contributed by atoms with E-state index in [1.807, 2.05) is 0 Å². The number of aliphatic hydroxyl groups excluding tert-OH is 2. The van der Waals surface area contributed by atoms with Crippen molar-refractivity contribution in [2.45, 2.75) is 31.0 Å². The first-order valence-corrected chi connectivity index (χ1v) is 5.39. The van der Waals surface area contributed by atoms with Crippen LogP contribution < -0.4 is 11.4 Å². The topological polar surface area (TPSA) is 131 Å². The molecule has 0 saturated carbocycles. The van der Waals surface area contributed by atoms with E-state index in [9.17, 15) is 15.0 Å². The quantitative estimate of drug-likeness (QED) is 0.474. The molecule has 1 aromatic rings. The first-order chi connectivity index (χ1) is 8.37. The third-order valence-corrected chi connectivity index (χ3v) is 3.04. The van der Waals surface area contributed by atoms with Crippen LogP contribution >= 0.6 is 0 Å². The summed E-state index contributed by atoms with van der Waals surface area (Å²) < 4.78 is 6.30. The standard InChI is InChI=1S/C10H15N3O5/c1-10(17)7(15)5(4-14)18-8(10)13-3-2-6(11)12-9(13)16/h2-3,5,7-8,14-15,17H,4H2,1H3,(H2,11,12,16)/t5-,7-,8?,10-/m1/s1. The fourth-order valence-electron chi connectivity index (χ4n) is 1.99. The van der Waals surface area contributed by atoms with Crippen molar-refractivity contribution in [1.29, 1.82) is 0 Å². The van der Waals surface area contributed by atoms with Gasteiger partial charge >= 0.3 is 5.69 Å². The van der Waals surface area contributed by atoms with Gasteiger partial charge in [0.2, 0.25) is 0 Å². The molecule has 8 heteroatoms. The fraction of sp³-hybridized carbons (Fsp3) is 0.600. The highest BCUT2D eigenvalue weighted by atomic mass is 16.6. The summed E-state index contributed by atoms with van der Waals surface area (Å²) in [7, 11) is 0. The Labute approximate surface area is 102 Å². The van der Waals surface area contributed by atoms with Crippen LogP contribution in [-0.2, 0) is 4.74 Å². The summed E-state index contributed by atoms with van der Waals surface area (Å²) in [6.45, 7) is 0.853. The lowest BCUT2D eigenvalue weighted by Crippen LogP contribution is -2.46. The van der Waals surface area contributed by atoms with Gasteiger partial charge in [0.05, 0.1) is 6.61 Å². The summed E-state index contributed by atoms with van der Waals surface area (Å²) in [4.78, 5) is 15.2. The number of nitrogens with zero attached hydrogens (tertiary/aromatic N) is 2. The van der Waals surface area contributed by atoms with Gasteiger partial charge in [0.15, 0.2) is 6.23 Å². The molecule has 5 N–H and O–H groups in total. The van der Waals surface area contributed by atoms with Gasteiger partial charge in [0.25, 0.3) is 0 Å². The van der Waals surface area contributed by atoms with Crippen LogP contribution in [0.15, 0.2) is 17.1 Å². The van der Waals surface area contributed by atoms with Gasteiger partial charge in [0, 0.05) is 6.20 Å². The van der Waals surface area contributed by atoms with Crippen LogP contribution in [0.25, 0.3) is 0 Å². The van der Waals surface area contributed by atoms with Gasteiger partial charge in [-0.2, -0.15) is 4.98 Å². The molecule has 0 aliphatic carbocycles. The second-order valence-electron chi connectivity index (χ2n) is 4.42. The molecule has 0 radical (unpaired) electrons. The molecule has 1 fully saturated rings. The van der Waals surface area contributed by atoms with Gasteiger partial charge in [0.1, 0.15) is 23.6 Å². The lowest BCUT2D eigenvalue weighted by Gasteiger charge is -2.27. The SMILES string of the molecule is C[C@]1(O)C(n2ccc(N)nc2=O)O[C@H](CO)[C@H]1O. The van der Waals surface area contributed by atoms with Crippen molar-refractivity contribution >= 4 is 5.82 Å². The highest BCUT2D eigenvalue weighted by Crippen LogP contribution is 2.37. The van der Waals surface area contributed by atoms with Crippen LogP contribution in [0, 0.1) is 0 Å². The molecule has 18 heavy (non-hydrogen) atoms. The second-order valence-corrected chi connectivity index (χ2v) is 4.42. The Kier molecular flexibility index (Phi) is 3.11. The Bertz CT molecular complexity index is 501. The molecular weight excluding hydrogens is 242 g/mol. The minimum absolute atomic E-state index is 0.0492. The molecule has 1 aromatic heterocycles. The third-order valence-electron chi connectivity index (χ3n) is 3.04. The van der Waals surface area contributed by atoms with Crippen molar-refractivity contribution in [3.63, 3.8) is 0 Å². The van der Waals surface area contributed by atoms with E-state index >= 15 is 0 Å². The maximum Gasteiger partial charge on any atom is 0.351 e. The van der Waals surface area contributed by atoms with E-state index in [0.717, 1.165) is 4.57 Å². The Morgan fingerprint density at radius 1 is 1.67 bits per heavy atom. The maximum absolute atomic E-state index is 11.7. The molecule has 0 aromatic carbocycles. The summed E-state index contributed by atoms with van der Waals surface area (Å²) in [5.74, 6) is 0.0492. The van der Waals surface area contributed by atoms with Gasteiger partial charge in [-0.3, -0.25) is 4.57 Å². The first-order valence-electron chi connectivity index (χ1n) is 5.39. The molecule has 0 amide bonds. The lowest BCUT2D eigenvalue weighted by atomic mass is 9.96. The van der Waals surface area contributed by atoms with Crippen LogP contribution in [-0.4, -0.2) is 49.3 Å². The first kappa shape index (κ1) is 13.0. The van der Waals surface area contributed by atoms with Gasteiger partial charge in [-0.15, -0.1) is 0 Å². The Morgan fingerprint density at radius 3 is 2.83 bits per heavy atom. The summed E-state index contributed by atoms with van der Waals surface area (Å²) in [5, 5.41) is 29.0. The third kappa shape index (κ3) is 1.89. The number of hydrogen-bond donors (Lipinski definition) is 4. The minimum Gasteiger partial charge on any atom is -0.394 e. The van der Waals surface area contributed by atoms with Crippen molar-refractivity contribution < 1.29 is 20.1 Å². The smallest absolute Gasteiger partial charge is 0.351 e. The number of ether oxygens (including phenoxy) is 1. The van der Waals surface area contributed by atoms with Crippen molar-refractivity contribution in [1.82, 2.24) is 9.55 Å². The van der Waals surface area contributed by atoms with Crippen LogP contribution in [0.5, 0.6) is 0 Å². The normalized spacial score (nSPS) is 35.9. The monoisotopic (exact) mass is 257 g/mol. The molecule has 2 rings (SSSR count). The molecular formula is C10H15N3O5. The zero-order chi connectivity index (χ0) is 13.5. The Morgan fingerprint density at radius 2 is 2.33 bits per heavy atom. The second kappa shape index (κ2) is 4.32. The predicted octanol–water partition coefficient (Wildman–Crippen LogP) is -2.17. The molecule has 4 atom stereocenters. The molecule has 1 aliphatic rings. The van der Waals surface area contributed by atoms with Gasteiger partial charge in [-0.05, 0) is 13.0 Å². The molecule has 8 nitrogen and oxygen atoms in total. The fourth-order valence-corrected chi connectivity index (χ4v) is 1.99. The van der Waals surface area contributed by atoms with Crippen molar-refractivity contribution in [3.8, 4) is 0 Å². The number of anilines is 1. The van der Waals surface area contributed by atoms with Crippen LogP contribution in [0.1, 0.15) is 13.2 Å². The molecule has 0 spiro atoms. The van der Waals surface area contributed by atoms with E-state index < -0.39 is 36.3 Å². The van der Waals surface area contributed by atoms with Gasteiger partial charge in [-0.25, -0.2) is 4.79 Å². The van der Waals surface area contributed by atoms with Gasteiger partial charge in [-0.1, -0.05) is 0 Å². The van der Waals surface area contributed by atoms with E-state index in [1.54, 1.807) is 0 Å². The number of aliphatic hydroxyl groups is 3. The number of rotatable bonds is 2. The van der Waals surface area contributed by atoms with E-state index in [1.165, 1.54) is 19.2 Å². The largest absolute Gasteiger partial charge is 0.394 e. The van der Waals surface area contributed by atoms with E-state index in [4.69, 9.17) is 15.6 Å². The highest BCUT2D eigenvalue weighted by Gasteiger charge is 2.53. The summed E-state index contributed by atoms with van der Waals surface area (Å²) >= 11 is 0. The van der Waals surface area contributed by atoms with E-state index in [2.05, 4.69) is 4.98 Å². The highest BCUT2D eigenvalue weighted by molar-refractivity contribution is 5.23. The lowest BCUT2D eigenvalue weighted by molar-refractivity contribution is -0.0986. The van der Waals surface area contributed by atoms with Gasteiger partial charge < -0.3 is 25.8 Å². The van der Waals surface area contributed by atoms with Crippen LogP contribution in [0.4, 0.5) is 5.82 Å². The van der Waals surface area contributed by atoms with Crippen molar-refractivity contribution in [3.05, 3.63) is 22.7 Å². The number of aromatic nitrogens is 2. The summed E-state index contributed by atoms with van der Waals surface area (Å²) in [6.07, 6.45) is -2.09. The predicted molar refractivity (Wildman–Crippen MR) is 60.5 cm³/mol. The minimum atomic E-state index is -1.71. The molecule has 0 bridgehead atoms. The average molecular weight is 257 g/mol. The maximum atomic E-state index is 11.7. The molecule has 1 aliphatic heterocycles. The van der Waals surface area contributed by atoms with E-state index in [0.29, 0.717) is 0 Å². The number of nitrogen functional groups attached to an aromatic ring is 1. The number of nitrogens with two attached hydrogens (primary N) is 1. The van der Waals surface area contributed by atoms with Crippen molar-refractivity contribution in [2.75, 3.05) is 12.3 Å². The summed E-state index contributed by atoms with van der Waals surface area (Å²) in [5.41, 5.74) is 2.94. The van der Waals surface area contributed by atoms with E-state index in [-0.39, 0.29) is 5.82 Å². The molecule has 1 unspecified atom stereocenters. The zero-order valence-electron chi connectivity index (χ0n) is 9.72. The van der Waals surface area contributed by atoms with Crippen molar-refractivity contribution in [2.24, 2.45) is 0 Å². The zero-order valence-corrected chi connectivity index (χ0v) is 9.72.